The van der Waals surface area contributed by atoms with Crippen molar-refractivity contribution in [2.75, 3.05) is 11.9 Å². The lowest BCUT2D eigenvalue weighted by Crippen LogP contribution is -2.23. The summed E-state index contributed by atoms with van der Waals surface area (Å²) in [7, 11) is 1.74. The predicted molar refractivity (Wildman–Crippen MR) is 120 cm³/mol. The van der Waals surface area contributed by atoms with Crippen LogP contribution >= 0.6 is 11.6 Å². The molecule has 1 N–H and O–H groups in total. The van der Waals surface area contributed by atoms with E-state index in [1.54, 1.807) is 62.0 Å². The van der Waals surface area contributed by atoms with Crippen LogP contribution in [0, 0.1) is 6.92 Å². The summed E-state index contributed by atoms with van der Waals surface area (Å²) in [4.78, 5) is 38.3. The monoisotopic (exact) mass is 439 g/mol. The van der Waals surface area contributed by atoms with Gasteiger partial charge in [-0.25, -0.2) is 9.48 Å². The Labute approximate surface area is 184 Å². The number of hydrogen-bond acceptors (Lipinski definition) is 5. The van der Waals surface area contributed by atoms with E-state index < -0.39 is 11.8 Å². The second-order valence-electron chi connectivity index (χ2n) is 6.71. The van der Waals surface area contributed by atoms with Gasteiger partial charge < -0.3 is 10.1 Å². The van der Waals surface area contributed by atoms with Crippen molar-refractivity contribution in [3.05, 3.63) is 93.0 Å². The Hall–Kier alpha value is -3.58. The molecule has 0 atom stereocenters. The molecular weight excluding hydrogens is 418 g/mol. The van der Waals surface area contributed by atoms with Gasteiger partial charge in [-0.2, -0.15) is 0 Å². The zero-order valence-electron chi connectivity index (χ0n) is 17.4. The maximum atomic E-state index is 13.1. The largest absolute Gasteiger partial charge is 0.461 e. The van der Waals surface area contributed by atoms with Crippen molar-refractivity contribution in [1.82, 2.24) is 9.36 Å². The Morgan fingerprint density at radius 2 is 1.74 bits per heavy atom. The lowest BCUT2D eigenvalue weighted by atomic mass is 10.1. The number of nitrogens with zero attached hydrogens (tertiary/aromatic N) is 2. The van der Waals surface area contributed by atoms with E-state index >= 15 is 0 Å². The molecule has 0 aliphatic rings. The Balaban J connectivity index is 2.03. The summed E-state index contributed by atoms with van der Waals surface area (Å²) in [6, 6.07) is 15.4. The molecule has 0 radical (unpaired) electrons. The average molecular weight is 440 g/mol. The fourth-order valence-corrected chi connectivity index (χ4v) is 3.16. The van der Waals surface area contributed by atoms with Gasteiger partial charge in [0.05, 0.1) is 18.0 Å². The van der Waals surface area contributed by atoms with Crippen LogP contribution in [0.15, 0.2) is 71.2 Å². The van der Waals surface area contributed by atoms with E-state index in [0.717, 1.165) is 6.08 Å². The molecule has 0 amide bonds. The summed E-state index contributed by atoms with van der Waals surface area (Å²) >= 11 is 5.87. The number of hydrogen-bond donors (Lipinski definition) is 1. The maximum Gasteiger partial charge on any atom is 0.354 e. The van der Waals surface area contributed by atoms with Crippen LogP contribution in [-0.4, -0.2) is 27.7 Å². The van der Waals surface area contributed by atoms with Gasteiger partial charge in [-0.1, -0.05) is 29.8 Å². The van der Waals surface area contributed by atoms with E-state index in [-0.39, 0.29) is 23.6 Å². The molecule has 1 heterocycles. The lowest BCUT2D eigenvalue weighted by Gasteiger charge is -2.09. The first-order valence-corrected chi connectivity index (χ1v) is 10.0. The summed E-state index contributed by atoms with van der Waals surface area (Å²) < 4.78 is 8.22. The number of ketones is 1. The number of nitrogens with one attached hydrogen (secondary N) is 1. The summed E-state index contributed by atoms with van der Waals surface area (Å²) in [6.07, 6.45) is 1.12. The van der Waals surface area contributed by atoms with Gasteiger partial charge in [0.2, 0.25) is 0 Å². The molecule has 0 spiro atoms. The molecule has 7 nitrogen and oxygen atoms in total. The van der Waals surface area contributed by atoms with E-state index in [1.807, 2.05) is 18.2 Å². The third kappa shape index (κ3) is 4.78. The first-order valence-electron chi connectivity index (χ1n) is 9.63. The van der Waals surface area contributed by atoms with Crippen LogP contribution in [0.1, 0.15) is 23.0 Å². The van der Waals surface area contributed by atoms with Gasteiger partial charge in [0.25, 0.3) is 5.56 Å². The third-order valence-corrected chi connectivity index (χ3v) is 4.97. The molecule has 3 aromatic rings. The van der Waals surface area contributed by atoms with E-state index in [2.05, 4.69) is 5.32 Å². The van der Waals surface area contributed by atoms with Crippen molar-refractivity contribution in [2.45, 2.75) is 13.8 Å². The average Bonchev–Trinajstić information content (AvgIpc) is 2.97. The van der Waals surface area contributed by atoms with Crippen molar-refractivity contribution >= 4 is 29.0 Å². The molecule has 0 unspecified atom stereocenters. The Morgan fingerprint density at radius 1 is 1.10 bits per heavy atom. The Bertz CT molecular complexity index is 1190. The zero-order chi connectivity index (χ0) is 22.5. The number of esters is 1. The number of aromatic nitrogens is 2. The van der Waals surface area contributed by atoms with Crippen molar-refractivity contribution in [1.29, 1.82) is 0 Å². The summed E-state index contributed by atoms with van der Waals surface area (Å²) in [6.45, 7) is 3.52. The molecule has 0 aliphatic heterocycles. The van der Waals surface area contributed by atoms with Gasteiger partial charge in [-0.15, -0.1) is 0 Å². The van der Waals surface area contributed by atoms with Crippen LogP contribution in [0.4, 0.5) is 5.69 Å². The zero-order valence-corrected chi connectivity index (χ0v) is 18.1. The minimum absolute atomic E-state index is 0.120. The highest BCUT2D eigenvalue weighted by molar-refractivity contribution is 6.30. The van der Waals surface area contributed by atoms with Crippen molar-refractivity contribution in [2.24, 2.45) is 7.05 Å². The van der Waals surface area contributed by atoms with Gasteiger partial charge in [-0.3, -0.25) is 14.3 Å². The molecule has 0 saturated carbocycles. The topological polar surface area (TPSA) is 82.3 Å². The molecular formula is C23H22ClN3O4. The molecule has 0 fully saturated rings. The van der Waals surface area contributed by atoms with E-state index in [4.69, 9.17) is 16.3 Å². The molecule has 2 aromatic carbocycles. The van der Waals surface area contributed by atoms with Gasteiger partial charge in [0, 0.05) is 23.7 Å². The highest BCUT2D eigenvalue weighted by Gasteiger charge is 2.21. The van der Waals surface area contributed by atoms with E-state index in [1.165, 1.54) is 4.68 Å². The minimum Gasteiger partial charge on any atom is -0.461 e. The molecule has 0 aliphatic carbocycles. The fraction of sp³-hybridized carbons (Fsp3) is 0.174. The second-order valence-corrected chi connectivity index (χ2v) is 7.15. The van der Waals surface area contributed by atoms with Gasteiger partial charge in [-0.05, 0) is 50.2 Å². The number of anilines is 1. The Kier molecular flexibility index (Phi) is 6.77. The summed E-state index contributed by atoms with van der Waals surface area (Å²) in [5.74, 6) is -1.16. The number of rotatable bonds is 7. The van der Waals surface area contributed by atoms with E-state index in [9.17, 15) is 14.4 Å². The molecule has 0 saturated heterocycles. The molecule has 0 bridgehead atoms. The number of halogens is 1. The third-order valence-electron chi connectivity index (χ3n) is 4.71. The number of allylic oxidation sites excluding steroid dienone is 1. The highest BCUT2D eigenvalue weighted by atomic mass is 35.5. The molecule has 8 heteroatoms. The van der Waals surface area contributed by atoms with Crippen molar-refractivity contribution in [3.63, 3.8) is 0 Å². The van der Waals surface area contributed by atoms with E-state index in [0.29, 0.717) is 22.0 Å². The number of para-hydroxylation sites is 1. The van der Waals surface area contributed by atoms with Crippen LogP contribution in [0.2, 0.25) is 5.02 Å². The van der Waals surface area contributed by atoms with Crippen LogP contribution < -0.4 is 10.9 Å². The standard InChI is InChI=1S/C23H22ClN3O4/c1-4-31-23(30)19(14-20(28)16-10-12-17(24)13-11-16)25-21-15(2)26(3)27(22(21)29)18-8-6-5-7-9-18/h5-14,25H,4H2,1-3H3. The van der Waals surface area contributed by atoms with Crippen LogP contribution in [0.25, 0.3) is 5.69 Å². The first kappa shape index (κ1) is 22.1. The number of benzene rings is 2. The second kappa shape index (κ2) is 9.49. The van der Waals surface area contributed by atoms with Crippen molar-refractivity contribution in [3.8, 4) is 5.69 Å². The van der Waals surface area contributed by atoms with Crippen LogP contribution in [-0.2, 0) is 16.6 Å². The molecule has 1 aromatic heterocycles. The summed E-state index contributed by atoms with van der Waals surface area (Å²) in [5, 5.41) is 3.32. The smallest absolute Gasteiger partial charge is 0.354 e. The number of carbonyl (C=O) groups excluding carboxylic acids is 2. The molecule has 31 heavy (non-hydrogen) atoms. The molecule has 3 rings (SSSR count). The highest BCUT2D eigenvalue weighted by Crippen LogP contribution is 2.17. The predicted octanol–water partition coefficient (Wildman–Crippen LogP) is 3.88. The quantitative estimate of drug-likeness (QED) is 0.343. The normalized spacial score (nSPS) is 11.3. The lowest BCUT2D eigenvalue weighted by molar-refractivity contribution is -0.138. The number of carbonyl (C=O) groups is 2. The fourth-order valence-electron chi connectivity index (χ4n) is 3.03. The number of ether oxygens (including phenoxy) is 1. The first-order chi connectivity index (χ1) is 14.8. The maximum absolute atomic E-state index is 13.1. The molecule has 160 valence electrons. The van der Waals surface area contributed by atoms with Crippen LogP contribution in [0.5, 0.6) is 0 Å². The van der Waals surface area contributed by atoms with Crippen LogP contribution in [0.3, 0.4) is 0 Å². The van der Waals surface area contributed by atoms with Gasteiger partial charge in [0.1, 0.15) is 11.4 Å². The SMILES string of the molecule is CCOC(=O)C(=CC(=O)c1ccc(Cl)cc1)Nc1c(C)n(C)n(-c2ccccc2)c1=O. The Morgan fingerprint density at radius 3 is 2.35 bits per heavy atom. The van der Waals surface area contributed by atoms with Crippen molar-refractivity contribution < 1.29 is 14.3 Å². The van der Waals surface area contributed by atoms with Gasteiger partial charge >= 0.3 is 5.97 Å². The summed E-state index contributed by atoms with van der Waals surface area (Å²) in [5.41, 5.74) is 1.29. The minimum atomic E-state index is -0.737. The van der Waals surface area contributed by atoms with Gasteiger partial charge in [0.15, 0.2) is 5.78 Å².